The van der Waals surface area contributed by atoms with E-state index in [1.807, 2.05) is 38.1 Å². The monoisotopic (exact) mass is 468 g/mol. The van der Waals surface area contributed by atoms with E-state index < -0.39 is 5.91 Å². The van der Waals surface area contributed by atoms with Gasteiger partial charge in [0.05, 0.1) is 18.2 Å². The third-order valence-corrected chi connectivity index (χ3v) is 5.43. The van der Waals surface area contributed by atoms with Crippen LogP contribution in [0.25, 0.3) is 6.08 Å². The van der Waals surface area contributed by atoms with E-state index in [1.54, 1.807) is 18.2 Å². The summed E-state index contributed by atoms with van der Waals surface area (Å²) in [4.78, 5) is 12.6. The van der Waals surface area contributed by atoms with Gasteiger partial charge in [-0.25, -0.2) is 0 Å². The lowest BCUT2D eigenvalue weighted by molar-refractivity contribution is -0.112. The second-order valence-electron chi connectivity index (χ2n) is 7.82. The summed E-state index contributed by atoms with van der Waals surface area (Å²) in [7, 11) is 0. The minimum Gasteiger partial charge on any atom is -0.490 e. The van der Waals surface area contributed by atoms with E-state index in [4.69, 9.17) is 21.1 Å². The van der Waals surface area contributed by atoms with Gasteiger partial charge in [0.2, 0.25) is 0 Å². The van der Waals surface area contributed by atoms with Gasteiger partial charge in [0.1, 0.15) is 11.6 Å². The first-order chi connectivity index (χ1) is 16.0. The lowest BCUT2D eigenvalue weighted by Crippen LogP contribution is -2.14. The molecular weight excluding hydrogens is 436 g/mol. The first-order valence-electron chi connectivity index (χ1n) is 11.6. The van der Waals surface area contributed by atoms with Gasteiger partial charge < -0.3 is 14.8 Å². The van der Waals surface area contributed by atoms with Gasteiger partial charge >= 0.3 is 0 Å². The van der Waals surface area contributed by atoms with Crippen molar-refractivity contribution < 1.29 is 14.3 Å². The summed E-state index contributed by atoms with van der Waals surface area (Å²) in [5.74, 6) is 0.509. The molecule has 0 heterocycles. The molecule has 33 heavy (non-hydrogen) atoms. The largest absolute Gasteiger partial charge is 0.490 e. The van der Waals surface area contributed by atoms with Crippen LogP contribution in [0.1, 0.15) is 63.5 Å². The fourth-order valence-corrected chi connectivity index (χ4v) is 3.62. The zero-order valence-electron chi connectivity index (χ0n) is 19.7. The number of nitrogens with zero attached hydrogens (tertiary/aromatic N) is 1. The van der Waals surface area contributed by atoms with Crippen LogP contribution < -0.4 is 14.8 Å². The van der Waals surface area contributed by atoms with Crippen LogP contribution in [0.4, 0.5) is 5.69 Å². The SMILES string of the molecule is CCCCCCCCOc1c(Cl)cc(/C=C(/C#N)C(=O)Nc2ccccc2C)cc1OCC. The molecule has 0 radical (unpaired) electrons. The van der Waals surface area contributed by atoms with Gasteiger partial charge in [-0.05, 0) is 55.7 Å². The molecule has 2 aromatic carbocycles. The second-order valence-corrected chi connectivity index (χ2v) is 8.23. The van der Waals surface area contributed by atoms with Crippen LogP contribution in [0.3, 0.4) is 0 Å². The third-order valence-electron chi connectivity index (χ3n) is 5.15. The highest BCUT2D eigenvalue weighted by molar-refractivity contribution is 6.32. The summed E-state index contributed by atoms with van der Waals surface area (Å²) in [6, 6.07) is 12.8. The number of unbranched alkanes of at least 4 members (excludes halogenated alkanes) is 5. The number of benzene rings is 2. The minimum atomic E-state index is -0.482. The van der Waals surface area contributed by atoms with E-state index in [9.17, 15) is 10.1 Å². The Morgan fingerprint density at radius 2 is 1.82 bits per heavy atom. The van der Waals surface area contributed by atoms with Crippen LogP contribution >= 0.6 is 11.6 Å². The van der Waals surface area contributed by atoms with Gasteiger partial charge in [0.15, 0.2) is 11.5 Å². The molecule has 0 atom stereocenters. The fraction of sp³-hybridized carbons (Fsp3) is 0.407. The molecule has 1 N–H and O–H groups in total. The number of carbonyl (C=O) groups excluding carboxylic acids is 1. The summed E-state index contributed by atoms with van der Waals surface area (Å²) in [6.07, 6.45) is 8.51. The summed E-state index contributed by atoms with van der Waals surface area (Å²) >= 11 is 6.49. The quantitative estimate of drug-likeness (QED) is 0.190. The van der Waals surface area contributed by atoms with Crippen LogP contribution in [0, 0.1) is 18.3 Å². The van der Waals surface area contributed by atoms with Gasteiger partial charge in [0.25, 0.3) is 5.91 Å². The molecule has 0 saturated heterocycles. The molecule has 0 aliphatic rings. The summed E-state index contributed by atoms with van der Waals surface area (Å²) in [6.45, 7) is 6.97. The molecule has 0 spiro atoms. The van der Waals surface area contributed by atoms with Crippen molar-refractivity contribution in [1.82, 2.24) is 0 Å². The van der Waals surface area contributed by atoms with Crippen molar-refractivity contribution >= 4 is 29.3 Å². The predicted octanol–water partition coefficient (Wildman–Crippen LogP) is 7.33. The van der Waals surface area contributed by atoms with E-state index in [2.05, 4.69) is 12.2 Å². The number of nitrogens with one attached hydrogen (secondary N) is 1. The molecule has 2 aromatic rings. The molecular formula is C27H33ClN2O3. The Bertz CT molecular complexity index is 995. The predicted molar refractivity (Wildman–Crippen MR) is 135 cm³/mol. The Hall–Kier alpha value is -2.97. The van der Waals surface area contributed by atoms with Gasteiger partial charge in [-0.2, -0.15) is 5.26 Å². The minimum absolute atomic E-state index is 0.0301. The molecule has 176 valence electrons. The van der Waals surface area contributed by atoms with Crippen molar-refractivity contribution in [2.24, 2.45) is 0 Å². The Balaban J connectivity index is 2.13. The van der Waals surface area contributed by atoms with Gasteiger partial charge in [-0.3, -0.25) is 4.79 Å². The van der Waals surface area contributed by atoms with Crippen molar-refractivity contribution in [3.8, 4) is 17.6 Å². The van der Waals surface area contributed by atoms with E-state index in [0.717, 1.165) is 18.4 Å². The standard InChI is InChI=1S/C27H33ClN2O3/c1-4-6-7-8-9-12-15-33-26-23(28)17-21(18-25(26)32-5-2)16-22(19-29)27(31)30-24-14-11-10-13-20(24)3/h10-11,13-14,16-18H,4-9,12,15H2,1-3H3,(H,30,31)/b22-16-. The van der Waals surface area contributed by atoms with Crippen LogP contribution in [0.2, 0.25) is 5.02 Å². The van der Waals surface area contributed by atoms with E-state index >= 15 is 0 Å². The van der Waals surface area contributed by atoms with Crippen LogP contribution in [0.5, 0.6) is 11.5 Å². The normalized spacial score (nSPS) is 11.1. The average Bonchev–Trinajstić information content (AvgIpc) is 2.80. The lowest BCUT2D eigenvalue weighted by Gasteiger charge is -2.15. The number of para-hydroxylation sites is 1. The summed E-state index contributed by atoms with van der Waals surface area (Å²) < 4.78 is 11.7. The van der Waals surface area contributed by atoms with Crippen molar-refractivity contribution in [2.45, 2.75) is 59.3 Å². The highest BCUT2D eigenvalue weighted by Crippen LogP contribution is 2.37. The Morgan fingerprint density at radius 3 is 2.52 bits per heavy atom. The topological polar surface area (TPSA) is 71.3 Å². The number of nitriles is 1. The average molecular weight is 469 g/mol. The molecule has 0 saturated carbocycles. The zero-order chi connectivity index (χ0) is 24.1. The third kappa shape index (κ3) is 8.47. The van der Waals surface area contributed by atoms with E-state index in [0.29, 0.717) is 41.0 Å². The smallest absolute Gasteiger partial charge is 0.266 e. The molecule has 1 amide bonds. The van der Waals surface area contributed by atoms with Crippen molar-refractivity contribution in [3.05, 3.63) is 58.1 Å². The number of hydrogen-bond acceptors (Lipinski definition) is 4. The molecule has 2 rings (SSSR count). The number of rotatable bonds is 13. The molecule has 0 bridgehead atoms. The van der Waals surface area contributed by atoms with Crippen LogP contribution in [0.15, 0.2) is 42.0 Å². The van der Waals surface area contributed by atoms with Gasteiger partial charge in [-0.1, -0.05) is 68.8 Å². The first kappa shape index (κ1) is 26.3. The molecule has 0 unspecified atom stereocenters. The van der Waals surface area contributed by atoms with E-state index in [-0.39, 0.29) is 5.57 Å². The Kier molecular flexibility index (Phi) is 11.3. The van der Waals surface area contributed by atoms with Crippen molar-refractivity contribution in [2.75, 3.05) is 18.5 Å². The van der Waals surface area contributed by atoms with Gasteiger partial charge in [0, 0.05) is 5.69 Å². The van der Waals surface area contributed by atoms with Crippen molar-refractivity contribution in [1.29, 1.82) is 5.26 Å². The second kappa shape index (κ2) is 14.2. The Labute approximate surface area is 202 Å². The highest BCUT2D eigenvalue weighted by atomic mass is 35.5. The summed E-state index contributed by atoms with van der Waals surface area (Å²) in [5, 5.41) is 12.7. The van der Waals surface area contributed by atoms with E-state index in [1.165, 1.54) is 31.8 Å². The molecule has 0 aliphatic heterocycles. The molecule has 6 heteroatoms. The maximum atomic E-state index is 12.6. The molecule has 0 fully saturated rings. The fourth-order valence-electron chi connectivity index (χ4n) is 3.35. The molecule has 0 aromatic heterocycles. The number of hydrogen-bond donors (Lipinski definition) is 1. The zero-order valence-corrected chi connectivity index (χ0v) is 20.5. The molecule has 0 aliphatic carbocycles. The number of aryl methyl sites for hydroxylation is 1. The number of carbonyl (C=O) groups is 1. The summed E-state index contributed by atoms with van der Waals surface area (Å²) in [5.41, 5.74) is 2.14. The number of anilines is 1. The maximum Gasteiger partial charge on any atom is 0.266 e. The Morgan fingerprint density at radius 1 is 1.09 bits per heavy atom. The maximum absolute atomic E-state index is 12.6. The molecule has 5 nitrogen and oxygen atoms in total. The number of ether oxygens (including phenoxy) is 2. The highest BCUT2D eigenvalue weighted by Gasteiger charge is 2.15. The van der Waals surface area contributed by atoms with Crippen LogP contribution in [-0.4, -0.2) is 19.1 Å². The first-order valence-corrected chi connectivity index (χ1v) is 12.0. The van der Waals surface area contributed by atoms with Gasteiger partial charge in [-0.15, -0.1) is 0 Å². The number of halogens is 1. The van der Waals surface area contributed by atoms with Crippen LogP contribution in [-0.2, 0) is 4.79 Å². The number of amides is 1. The lowest BCUT2D eigenvalue weighted by atomic mass is 10.1. The van der Waals surface area contributed by atoms with Crippen molar-refractivity contribution in [3.63, 3.8) is 0 Å².